The van der Waals surface area contributed by atoms with Gasteiger partial charge in [0.2, 0.25) is 0 Å². The number of aromatic nitrogens is 3. The second-order valence-corrected chi connectivity index (χ2v) is 6.97. The average Bonchev–Trinajstić information content (AvgIpc) is 3.08. The number of carbonyl (C=O) groups excluding carboxylic acids is 1. The van der Waals surface area contributed by atoms with E-state index < -0.39 is 0 Å². The van der Waals surface area contributed by atoms with Crippen molar-refractivity contribution in [1.82, 2.24) is 25.4 Å². The Bertz CT molecular complexity index is 726. The van der Waals surface area contributed by atoms with Gasteiger partial charge in [0.15, 0.2) is 0 Å². The van der Waals surface area contributed by atoms with Crippen molar-refractivity contribution in [2.24, 2.45) is 0 Å². The molecule has 0 spiro atoms. The lowest BCUT2D eigenvalue weighted by Gasteiger charge is -2.36. The van der Waals surface area contributed by atoms with Crippen LogP contribution in [0, 0.1) is 0 Å². The monoisotopic (exact) mass is 341 g/mol. The summed E-state index contributed by atoms with van der Waals surface area (Å²) in [5.41, 5.74) is 2.80. The number of rotatable bonds is 6. The summed E-state index contributed by atoms with van der Waals surface area (Å²) in [4.78, 5) is 12.2. The fourth-order valence-corrected chi connectivity index (χ4v) is 3.68. The molecule has 2 N–H and O–H groups in total. The zero-order valence-corrected chi connectivity index (χ0v) is 15.1. The number of fused-ring (bicyclic) bond motifs is 1. The molecule has 1 aromatic heterocycles. The van der Waals surface area contributed by atoms with Crippen molar-refractivity contribution < 1.29 is 4.79 Å². The lowest BCUT2D eigenvalue weighted by atomic mass is 9.71. The minimum absolute atomic E-state index is 0.00975. The third-order valence-corrected chi connectivity index (χ3v) is 5.13. The van der Waals surface area contributed by atoms with Crippen LogP contribution < -0.4 is 10.6 Å². The van der Waals surface area contributed by atoms with Crippen LogP contribution >= 0.6 is 0 Å². The fraction of sp³-hybridized carbons (Fsp3) is 0.526. The standard InChI is InChI=1S/C19H27N5O/c1-3-17-23-22-14-24(17)12-11-20-18(25)21-13-19(2)10-6-8-15-7-4-5-9-16(15)19/h4-5,7,9,14H,3,6,8,10-13H2,1-2H3,(H2,20,21,25)/t19-/m0/s1. The molecular formula is C19H27N5O. The van der Waals surface area contributed by atoms with Crippen LogP contribution in [0.2, 0.25) is 0 Å². The Kier molecular flexibility index (Phi) is 5.36. The molecule has 0 aliphatic heterocycles. The molecule has 25 heavy (non-hydrogen) atoms. The van der Waals surface area contributed by atoms with Crippen LogP contribution in [-0.2, 0) is 24.8 Å². The van der Waals surface area contributed by atoms with Crippen LogP contribution in [0.25, 0.3) is 0 Å². The van der Waals surface area contributed by atoms with Crippen LogP contribution in [0.4, 0.5) is 4.79 Å². The number of nitrogens with zero attached hydrogens (tertiary/aromatic N) is 3. The van der Waals surface area contributed by atoms with Crippen molar-refractivity contribution in [3.8, 4) is 0 Å². The summed E-state index contributed by atoms with van der Waals surface area (Å²) in [7, 11) is 0. The summed E-state index contributed by atoms with van der Waals surface area (Å²) in [6.07, 6.45) is 5.95. The molecule has 0 radical (unpaired) electrons. The van der Waals surface area contributed by atoms with E-state index in [-0.39, 0.29) is 11.4 Å². The summed E-state index contributed by atoms with van der Waals surface area (Å²) in [6, 6.07) is 8.48. The fourth-order valence-electron chi connectivity index (χ4n) is 3.68. The molecule has 1 heterocycles. The molecule has 0 unspecified atom stereocenters. The summed E-state index contributed by atoms with van der Waals surface area (Å²) in [5.74, 6) is 0.938. The predicted molar refractivity (Wildman–Crippen MR) is 97.5 cm³/mol. The van der Waals surface area contributed by atoms with Gasteiger partial charge in [-0.1, -0.05) is 38.1 Å². The van der Waals surface area contributed by atoms with E-state index >= 15 is 0 Å². The highest BCUT2D eigenvalue weighted by molar-refractivity contribution is 5.74. The summed E-state index contributed by atoms with van der Waals surface area (Å²) < 4.78 is 1.97. The molecule has 0 fully saturated rings. The molecule has 1 aliphatic carbocycles. The van der Waals surface area contributed by atoms with E-state index in [1.165, 1.54) is 17.5 Å². The van der Waals surface area contributed by atoms with Crippen molar-refractivity contribution >= 4 is 6.03 Å². The van der Waals surface area contributed by atoms with Crippen molar-refractivity contribution in [3.63, 3.8) is 0 Å². The molecule has 2 aromatic rings. The number of aryl methyl sites for hydroxylation is 2. The SMILES string of the molecule is CCc1nncn1CCNC(=O)NC[C@]1(C)CCCc2ccccc21. The normalized spacial score (nSPS) is 19.3. The first-order chi connectivity index (χ1) is 12.1. The lowest BCUT2D eigenvalue weighted by molar-refractivity contribution is 0.236. The van der Waals surface area contributed by atoms with Gasteiger partial charge < -0.3 is 15.2 Å². The number of nitrogens with one attached hydrogen (secondary N) is 2. The summed E-state index contributed by atoms with van der Waals surface area (Å²) >= 11 is 0. The molecule has 0 bridgehead atoms. The molecule has 2 amide bonds. The van der Waals surface area contributed by atoms with Crippen LogP contribution in [-0.4, -0.2) is 33.9 Å². The van der Waals surface area contributed by atoms with Crippen LogP contribution in [0.1, 0.15) is 43.6 Å². The molecule has 6 nitrogen and oxygen atoms in total. The lowest BCUT2D eigenvalue weighted by Crippen LogP contribution is -2.45. The van der Waals surface area contributed by atoms with Crippen molar-refractivity contribution in [2.75, 3.05) is 13.1 Å². The van der Waals surface area contributed by atoms with Gasteiger partial charge in [-0.2, -0.15) is 0 Å². The second kappa shape index (κ2) is 7.68. The highest BCUT2D eigenvalue weighted by Crippen LogP contribution is 2.36. The molecule has 1 aromatic carbocycles. The molecule has 0 saturated heterocycles. The Labute approximate surface area is 149 Å². The van der Waals surface area contributed by atoms with E-state index in [4.69, 9.17) is 0 Å². The predicted octanol–water partition coefficient (Wildman–Crippen LogP) is 2.43. The van der Waals surface area contributed by atoms with Crippen LogP contribution in [0.15, 0.2) is 30.6 Å². The Hall–Kier alpha value is -2.37. The van der Waals surface area contributed by atoms with Gasteiger partial charge in [0.05, 0.1) is 0 Å². The van der Waals surface area contributed by atoms with Crippen molar-refractivity contribution in [2.45, 2.75) is 51.5 Å². The van der Waals surface area contributed by atoms with E-state index in [0.29, 0.717) is 19.6 Å². The third-order valence-electron chi connectivity index (χ3n) is 5.13. The number of benzene rings is 1. The summed E-state index contributed by atoms with van der Waals surface area (Å²) in [6.45, 7) is 6.19. The van der Waals surface area contributed by atoms with Gasteiger partial charge in [-0.15, -0.1) is 10.2 Å². The first kappa shape index (κ1) is 17.5. The number of hydrogen-bond acceptors (Lipinski definition) is 3. The maximum atomic E-state index is 12.2. The van der Waals surface area contributed by atoms with E-state index in [0.717, 1.165) is 25.1 Å². The van der Waals surface area contributed by atoms with E-state index in [1.807, 2.05) is 11.5 Å². The van der Waals surface area contributed by atoms with E-state index in [2.05, 4.69) is 52.0 Å². The minimum atomic E-state index is -0.115. The Balaban J connectivity index is 1.49. The topological polar surface area (TPSA) is 71.8 Å². The van der Waals surface area contributed by atoms with Gasteiger partial charge in [0.25, 0.3) is 0 Å². The Morgan fingerprint density at radius 2 is 2.16 bits per heavy atom. The second-order valence-electron chi connectivity index (χ2n) is 6.97. The highest BCUT2D eigenvalue weighted by atomic mass is 16.2. The number of hydrogen-bond donors (Lipinski definition) is 2. The Morgan fingerprint density at radius 3 is 3.00 bits per heavy atom. The molecule has 1 atom stereocenters. The molecule has 3 rings (SSSR count). The quantitative estimate of drug-likeness (QED) is 0.848. The first-order valence-corrected chi connectivity index (χ1v) is 9.09. The average molecular weight is 341 g/mol. The van der Waals surface area contributed by atoms with Crippen LogP contribution in [0.3, 0.4) is 0 Å². The largest absolute Gasteiger partial charge is 0.337 e. The van der Waals surface area contributed by atoms with Gasteiger partial charge in [-0.3, -0.25) is 0 Å². The Morgan fingerprint density at radius 1 is 1.32 bits per heavy atom. The molecule has 134 valence electrons. The first-order valence-electron chi connectivity index (χ1n) is 9.09. The number of carbonyl (C=O) groups is 1. The van der Waals surface area contributed by atoms with E-state index in [1.54, 1.807) is 6.33 Å². The summed E-state index contributed by atoms with van der Waals surface area (Å²) in [5, 5.41) is 13.9. The van der Waals surface area contributed by atoms with E-state index in [9.17, 15) is 4.79 Å². The van der Waals surface area contributed by atoms with Crippen molar-refractivity contribution in [3.05, 3.63) is 47.5 Å². The third kappa shape index (κ3) is 4.00. The molecule has 1 aliphatic rings. The molecule has 0 saturated carbocycles. The molecular weight excluding hydrogens is 314 g/mol. The van der Waals surface area contributed by atoms with Gasteiger partial charge in [0, 0.05) is 31.5 Å². The van der Waals surface area contributed by atoms with Gasteiger partial charge >= 0.3 is 6.03 Å². The molecule has 6 heteroatoms. The zero-order chi connectivity index (χ0) is 17.7. The zero-order valence-electron chi connectivity index (χ0n) is 15.1. The smallest absolute Gasteiger partial charge is 0.314 e. The highest BCUT2D eigenvalue weighted by Gasteiger charge is 2.31. The maximum Gasteiger partial charge on any atom is 0.314 e. The van der Waals surface area contributed by atoms with Crippen molar-refractivity contribution in [1.29, 1.82) is 0 Å². The maximum absolute atomic E-state index is 12.2. The van der Waals surface area contributed by atoms with Crippen LogP contribution in [0.5, 0.6) is 0 Å². The van der Waals surface area contributed by atoms with Gasteiger partial charge in [0.1, 0.15) is 12.2 Å². The number of amides is 2. The number of urea groups is 1. The van der Waals surface area contributed by atoms with Gasteiger partial charge in [-0.25, -0.2) is 4.79 Å². The minimum Gasteiger partial charge on any atom is -0.337 e. The van der Waals surface area contributed by atoms with Gasteiger partial charge in [-0.05, 0) is 30.4 Å².